The average Bonchev–Trinajstić information content (AvgIpc) is 3.21. The summed E-state index contributed by atoms with van der Waals surface area (Å²) in [5.41, 5.74) is 21.8. The number of benzene rings is 6. The third-order valence-electron chi connectivity index (χ3n) is 12.5. The summed E-state index contributed by atoms with van der Waals surface area (Å²) < 4.78 is 0. The van der Waals surface area contributed by atoms with E-state index in [1.807, 2.05) is 12.4 Å². The Hall–Kier alpha value is -6.27. The quantitative estimate of drug-likeness (QED) is 0.126. The van der Waals surface area contributed by atoms with Crippen LogP contribution in [0.1, 0.15) is 99.9 Å². The first-order valence-electron chi connectivity index (χ1n) is 21.0. The van der Waals surface area contributed by atoms with Gasteiger partial charge in [0.15, 0.2) is 0 Å². The van der Waals surface area contributed by atoms with E-state index in [2.05, 4.69) is 207 Å². The Morgan fingerprint density at radius 1 is 0.559 bits per heavy atom. The highest BCUT2D eigenvalue weighted by atomic mass is 14.6. The van der Waals surface area contributed by atoms with E-state index in [0.29, 0.717) is 0 Å². The first-order valence-corrected chi connectivity index (χ1v) is 21.0. The molecule has 290 valence electrons. The summed E-state index contributed by atoms with van der Waals surface area (Å²) in [4.78, 5) is 4.35. The normalized spacial score (nSPS) is 14.3. The van der Waals surface area contributed by atoms with Crippen LogP contribution in [0.3, 0.4) is 0 Å². The van der Waals surface area contributed by atoms with Crippen LogP contribution in [0.5, 0.6) is 0 Å². The van der Waals surface area contributed by atoms with Gasteiger partial charge in [-0.05, 0) is 76.6 Å². The molecule has 2 aliphatic carbocycles. The van der Waals surface area contributed by atoms with Gasteiger partial charge in [-0.25, -0.2) is 0 Å². The zero-order valence-corrected chi connectivity index (χ0v) is 36.2. The molecule has 59 heavy (non-hydrogen) atoms. The maximum absolute atomic E-state index is 4.35. The summed E-state index contributed by atoms with van der Waals surface area (Å²) in [7, 11) is 0. The van der Waals surface area contributed by atoms with Gasteiger partial charge in [0.2, 0.25) is 0 Å². The minimum Gasteiger partial charge on any atom is -0.265 e. The third-order valence-corrected chi connectivity index (χ3v) is 12.5. The molecule has 0 aliphatic heterocycles. The summed E-state index contributed by atoms with van der Waals surface area (Å²) in [6, 6.07) is 43.0. The van der Waals surface area contributed by atoms with Gasteiger partial charge in [0.05, 0.1) is 34.8 Å². The number of aryl methyl sites for hydroxylation is 2. The number of aromatic nitrogens is 1. The number of rotatable bonds is 2. The molecule has 1 aromatic heterocycles. The smallest absolute Gasteiger partial charge is 0.0976 e. The Morgan fingerprint density at radius 3 is 1.68 bits per heavy atom. The second-order valence-electron chi connectivity index (χ2n) is 18.7. The van der Waals surface area contributed by atoms with Crippen LogP contribution in [-0.4, -0.2) is 4.98 Å². The van der Waals surface area contributed by atoms with Crippen molar-refractivity contribution in [3.05, 3.63) is 218 Å². The van der Waals surface area contributed by atoms with Crippen molar-refractivity contribution in [3.63, 3.8) is 0 Å². The Bertz CT molecular complexity index is 2970. The lowest BCUT2D eigenvalue weighted by molar-refractivity contribution is 0.472. The summed E-state index contributed by atoms with van der Waals surface area (Å²) >= 11 is 0. The minimum atomic E-state index is 0.0553. The lowest BCUT2D eigenvalue weighted by atomic mass is 9.70. The van der Waals surface area contributed by atoms with Gasteiger partial charge in [0.1, 0.15) is 0 Å². The highest BCUT2D eigenvalue weighted by Gasteiger charge is 2.33. The van der Waals surface area contributed by atoms with Gasteiger partial charge in [-0.15, -0.1) is 5.73 Å². The van der Waals surface area contributed by atoms with Crippen molar-refractivity contribution in [2.75, 3.05) is 0 Å². The summed E-state index contributed by atoms with van der Waals surface area (Å²) in [5.74, 6) is 2.65. The molecule has 0 amide bonds. The highest BCUT2D eigenvalue weighted by Crippen LogP contribution is 2.48. The maximum Gasteiger partial charge on any atom is 0.0976 e. The van der Waals surface area contributed by atoms with Crippen molar-refractivity contribution in [1.82, 2.24) is 4.98 Å². The minimum absolute atomic E-state index is 0.0553. The topological polar surface area (TPSA) is 12.9 Å². The Kier molecular flexibility index (Phi) is 9.23. The molecule has 1 nitrogen and oxygen atoms in total. The van der Waals surface area contributed by atoms with Crippen LogP contribution in [-0.2, 0) is 5.41 Å². The van der Waals surface area contributed by atoms with Crippen LogP contribution in [0, 0.1) is 31.1 Å². The molecule has 1 heterocycles. The molecular weight excluding hydrogens is 711 g/mol. The lowest BCUT2D eigenvalue weighted by Crippen LogP contribution is -2.22. The fourth-order valence-corrected chi connectivity index (χ4v) is 9.55. The van der Waals surface area contributed by atoms with Gasteiger partial charge >= 0.3 is 0 Å². The van der Waals surface area contributed by atoms with Crippen LogP contribution in [0.15, 0.2) is 151 Å². The van der Waals surface area contributed by atoms with Crippen molar-refractivity contribution in [3.8, 4) is 11.1 Å². The molecule has 0 atom stereocenters. The molecule has 0 bridgehead atoms. The van der Waals surface area contributed by atoms with Crippen LogP contribution < -0.4 is 10.4 Å². The fourth-order valence-electron chi connectivity index (χ4n) is 9.55. The molecular formula is C58H53N. The van der Waals surface area contributed by atoms with Crippen LogP contribution in [0.4, 0.5) is 0 Å². The highest BCUT2D eigenvalue weighted by molar-refractivity contribution is 6.06. The van der Waals surface area contributed by atoms with Crippen molar-refractivity contribution in [2.45, 2.75) is 74.7 Å². The molecule has 0 saturated carbocycles. The molecule has 1 heteroatoms. The predicted molar refractivity (Wildman–Crippen MR) is 252 cm³/mol. The zero-order chi connectivity index (χ0) is 41.4. The van der Waals surface area contributed by atoms with Crippen molar-refractivity contribution in [1.29, 1.82) is 0 Å². The monoisotopic (exact) mass is 763 g/mol. The predicted octanol–water partition coefficient (Wildman–Crippen LogP) is 13.5. The first-order chi connectivity index (χ1) is 28.2. The number of fused-ring (bicyclic) bond motifs is 4. The van der Waals surface area contributed by atoms with E-state index in [1.54, 1.807) is 0 Å². The molecule has 0 radical (unpaired) electrons. The van der Waals surface area contributed by atoms with Crippen LogP contribution >= 0.6 is 0 Å². The summed E-state index contributed by atoms with van der Waals surface area (Å²) in [5, 5.41) is 7.32. The van der Waals surface area contributed by atoms with Gasteiger partial charge < -0.3 is 0 Å². The second-order valence-corrected chi connectivity index (χ2v) is 18.7. The Labute approximate surface area is 350 Å². The van der Waals surface area contributed by atoms with Crippen molar-refractivity contribution in [2.24, 2.45) is 5.41 Å². The standard InChI is InChI=1S/C58H53N/c1-35-29-41(57(5,6)7)30-36(2)53(35)55-46-20-14-11-17-43(46)51(44-18-12-15-21-47(44)55)34-52-45-19-13-16-22-48(45)56(54-37(3)31-42(32-38(54)4)58(8,9)10)49-24-23-40(33-50(49)52)39-25-27-59-28-26-39/h11-33H,1-10H3. The molecule has 6 aromatic carbocycles. The molecule has 0 fully saturated rings. The average molecular weight is 764 g/mol. The van der Waals surface area contributed by atoms with Crippen molar-refractivity contribution < 1.29 is 0 Å². The van der Waals surface area contributed by atoms with Gasteiger partial charge in [-0.1, -0.05) is 188 Å². The number of allylic oxidation sites excluding steroid dienone is 4. The third kappa shape index (κ3) is 6.55. The first kappa shape index (κ1) is 38.3. The van der Waals surface area contributed by atoms with Crippen LogP contribution in [0.25, 0.3) is 49.5 Å². The van der Waals surface area contributed by atoms with E-state index in [9.17, 15) is 0 Å². The van der Waals surface area contributed by atoms with Gasteiger partial charge in [-0.2, -0.15) is 0 Å². The van der Waals surface area contributed by atoms with Crippen molar-refractivity contribution >= 4 is 38.4 Å². The number of hydrogen-bond donors (Lipinski definition) is 0. The van der Waals surface area contributed by atoms with E-state index < -0.39 is 0 Å². The maximum atomic E-state index is 4.35. The lowest BCUT2D eigenvalue weighted by Gasteiger charge is -2.38. The fraction of sp³-hybridized carbons (Fsp3) is 0.207. The number of nitrogens with zero attached hydrogens (tertiary/aromatic N) is 1. The van der Waals surface area contributed by atoms with Gasteiger partial charge in [0, 0.05) is 42.1 Å². The zero-order valence-electron chi connectivity index (χ0n) is 36.2. The molecule has 0 N–H and O–H groups in total. The molecule has 0 unspecified atom stereocenters. The van der Waals surface area contributed by atoms with Crippen LogP contribution in [0.2, 0.25) is 0 Å². The Morgan fingerprint density at radius 2 is 1.10 bits per heavy atom. The second kappa shape index (κ2) is 14.2. The van der Waals surface area contributed by atoms with E-state index in [1.165, 1.54) is 99.8 Å². The summed E-state index contributed by atoms with van der Waals surface area (Å²) in [6.07, 6.45) is 8.57. The Balaban J connectivity index is 1.43. The molecule has 2 aliphatic rings. The van der Waals surface area contributed by atoms with Gasteiger partial charge in [0.25, 0.3) is 0 Å². The van der Waals surface area contributed by atoms with E-state index in [4.69, 9.17) is 0 Å². The molecule has 0 spiro atoms. The van der Waals surface area contributed by atoms with E-state index >= 15 is 0 Å². The van der Waals surface area contributed by atoms with Gasteiger partial charge in [-0.3, -0.25) is 4.98 Å². The number of hydrogen-bond acceptors (Lipinski definition) is 1. The van der Waals surface area contributed by atoms with E-state index in [0.717, 1.165) is 21.9 Å². The molecule has 7 aromatic rings. The molecule has 9 rings (SSSR count). The summed E-state index contributed by atoms with van der Waals surface area (Å²) in [6.45, 7) is 23.0. The van der Waals surface area contributed by atoms with E-state index in [-0.39, 0.29) is 10.8 Å². The molecule has 0 saturated heterocycles. The number of pyridine rings is 1. The largest absolute Gasteiger partial charge is 0.265 e. The SMILES string of the molecule is CC1=C[C+](C(C)(C)C)C=C(C)C1=c1c2ccccc2c(=C=C2c3ccccc3[C-](c3c(C)cc(C(C)(C)C)cc3C)c3ccc(-c4ccncc4)cc32)c2ccccc12.